The Morgan fingerprint density at radius 3 is 3.00 bits per heavy atom. The van der Waals surface area contributed by atoms with Gasteiger partial charge in [0.25, 0.3) is 0 Å². The first-order valence-electron chi connectivity index (χ1n) is 6.99. The molecule has 0 bridgehead atoms. The van der Waals surface area contributed by atoms with Crippen molar-refractivity contribution in [3.8, 4) is 0 Å². The summed E-state index contributed by atoms with van der Waals surface area (Å²) in [6.45, 7) is 1.97. The molecule has 1 aromatic rings. The van der Waals surface area contributed by atoms with E-state index < -0.39 is 5.60 Å². The maximum Gasteiger partial charge on any atom is 0.407 e. The SMILES string of the molecule is O=C1NC[C@@]2(CCCN(C(=O)Cn3cc(Cl)cn3)CC2)O1. The van der Waals surface area contributed by atoms with Gasteiger partial charge in [-0.25, -0.2) is 4.79 Å². The lowest BCUT2D eigenvalue weighted by atomic mass is 9.95. The molecule has 1 spiro atoms. The van der Waals surface area contributed by atoms with E-state index in [1.54, 1.807) is 11.1 Å². The van der Waals surface area contributed by atoms with Gasteiger partial charge in [-0.2, -0.15) is 5.10 Å². The van der Waals surface area contributed by atoms with E-state index in [2.05, 4.69) is 10.4 Å². The highest BCUT2D eigenvalue weighted by molar-refractivity contribution is 6.30. The van der Waals surface area contributed by atoms with E-state index in [4.69, 9.17) is 16.3 Å². The summed E-state index contributed by atoms with van der Waals surface area (Å²) < 4.78 is 6.93. The van der Waals surface area contributed by atoms with Crippen LogP contribution in [0, 0.1) is 0 Å². The summed E-state index contributed by atoms with van der Waals surface area (Å²) in [5.41, 5.74) is -0.443. The second kappa shape index (κ2) is 5.55. The van der Waals surface area contributed by atoms with Gasteiger partial charge >= 0.3 is 6.09 Å². The van der Waals surface area contributed by atoms with Crippen LogP contribution >= 0.6 is 11.6 Å². The van der Waals surface area contributed by atoms with Crippen molar-refractivity contribution in [2.45, 2.75) is 31.4 Å². The zero-order chi connectivity index (χ0) is 14.9. The standard InChI is InChI=1S/C13H17ClN4O3/c14-10-6-16-18(7-10)8-11(19)17-4-1-2-13(3-5-17)9-15-12(20)21-13/h6-7H,1-5,8-9H2,(H,15,20)/t13-/m0/s1. The number of rotatable bonds is 2. The highest BCUT2D eigenvalue weighted by Gasteiger charge is 2.41. The Labute approximate surface area is 127 Å². The Hall–Kier alpha value is -1.76. The lowest BCUT2D eigenvalue weighted by Crippen LogP contribution is -2.37. The summed E-state index contributed by atoms with van der Waals surface area (Å²) in [4.78, 5) is 25.3. The first kappa shape index (κ1) is 14.2. The van der Waals surface area contributed by atoms with Crippen molar-refractivity contribution in [2.24, 2.45) is 0 Å². The number of hydrogen-bond donors (Lipinski definition) is 1. The van der Waals surface area contributed by atoms with Crippen molar-refractivity contribution < 1.29 is 14.3 Å². The van der Waals surface area contributed by atoms with E-state index in [1.165, 1.54) is 10.9 Å². The minimum atomic E-state index is -0.443. The van der Waals surface area contributed by atoms with Gasteiger partial charge in [0.15, 0.2) is 0 Å². The van der Waals surface area contributed by atoms with Gasteiger partial charge in [-0.15, -0.1) is 0 Å². The summed E-state index contributed by atoms with van der Waals surface area (Å²) in [6.07, 6.45) is 5.04. The zero-order valence-electron chi connectivity index (χ0n) is 11.5. The van der Waals surface area contributed by atoms with Crippen molar-refractivity contribution in [1.82, 2.24) is 20.0 Å². The molecule has 21 heavy (non-hydrogen) atoms. The molecule has 7 nitrogen and oxygen atoms in total. The summed E-state index contributed by atoms with van der Waals surface area (Å²) in [5, 5.41) is 7.23. The average molecular weight is 313 g/mol. The van der Waals surface area contributed by atoms with Crippen LogP contribution in [0.1, 0.15) is 19.3 Å². The minimum absolute atomic E-state index is 0.00380. The van der Waals surface area contributed by atoms with Crippen molar-refractivity contribution in [3.05, 3.63) is 17.4 Å². The summed E-state index contributed by atoms with van der Waals surface area (Å²) in [7, 11) is 0. The van der Waals surface area contributed by atoms with Gasteiger partial charge in [0, 0.05) is 25.7 Å². The van der Waals surface area contributed by atoms with E-state index in [1.807, 2.05) is 0 Å². The molecule has 1 N–H and O–H groups in total. The van der Waals surface area contributed by atoms with Crippen LogP contribution in [-0.2, 0) is 16.1 Å². The van der Waals surface area contributed by atoms with Gasteiger partial charge in [0.05, 0.1) is 17.8 Å². The average Bonchev–Trinajstić information content (AvgIpc) is 2.93. The first-order valence-corrected chi connectivity index (χ1v) is 7.37. The number of aromatic nitrogens is 2. The number of carbonyl (C=O) groups is 2. The molecule has 2 aliphatic rings. The lowest BCUT2D eigenvalue weighted by molar-refractivity contribution is -0.132. The Kier molecular flexibility index (Phi) is 3.75. The number of amides is 2. The fraction of sp³-hybridized carbons (Fsp3) is 0.615. The molecule has 2 saturated heterocycles. The smallest absolute Gasteiger partial charge is 0.407 e. The highest BCUT2D eigenvalue weighted by atomic mass is 35.5. The normalized spacial score (nSPS) is 25.6. The van der Waals surface area contributed by atoms with E-state index in [0.29, 0.717) is 31.1 Å². The molecule has 8 heteroatoms. The maximum absolute atomic E-state index is 12.3. The van der Waals surface area contributed by atoms with Crippen LogP contribution in [0.25, 0.3) is 0 Å². The van der Waals surface area contributed by atoms with Gasteiger partial charge in [0.1, 0.15) is 12.1 Å². The zero-order valence-corrected chi connectivity index (χ0v) is 12.3. The molecule has 0 saturated carbocycles. The molecule has 3 rings (SSSR count). The number of likely N-dealkylation sites (tertiary alicyclic amines) is 1. The number of alkyl carbamates (subject to hydrolysis) is 1. The highest BCUT2D eigenvalue weighted by Crippen LogP contribution is 2.29. The van der Waals surface area contributed by atoms with Crippen molar-refractivity contribution in [3.63, 3.8) is 0 Å². The van der Waals surface area contributed by atoms with Crippen LogP contribution in [0.15, 0.2) is 12.4 Å². The van der Waals surface area contributed by atoms with Gasteiger partial charge in [-0.3, -0.25) is 9.48 Å². The topological polar surface area (TPSA) is 76.5 Å². The van der Waals surface area contributed by atoms with Crippen molar-refractivity contribution in [2.75, 3.05) is 19.6 Å². The number of hydrogen-bond acceptors (Lipinski definition) is 4. The second-order valence-corrected chi connectivity index (χ2v) is 5.95. The third-order valence-corrected chi connectivity index (χ3v) is 4.21. The molecule has 1 atom stereocenters. The lowest BCUT2D eigenvalue weighted by Gasteiger charge is -2.25. The Morgan fingerprint density at radius 1 is 1.48 bits per heavy atom. The predicted octanol–water partition coefficient (Wildman–Crippen LogP) is 1.03. The molecule has 2 amide bonds. The van der Waals surface area contributed by atoms with Crippen molar-refractivity contribution >= 4 is 23.6 Å². The predicted molar refractivity (Wildman–Crippen MR) is 74.9 cm³/mol. The monoisotopic (exact) mass is 312 g/mol. The fourth-order valence-corrected chi connectivity index (χ4v) is 3.02. The molecule has 1 aromatic heterocycles. The number of ether oxygens (including phenoxy) is 1. The molecule has 2 fully saturated rings. The van der Waals surface area contributed by atoms with E-state index in [9.17, 15) is 9.59 Å². The molecule has 0 aromatic carbocycles. The van der Waals surface area contributed by atoms with Gasteiger partial charge in [-0.05, 0) is 12.8 Å². The largest absolute Gasteiger partial charge is 0.441 e. The van der Waals surface area contributed by atoms with E-state index >= 15 is 0 Å². The Morgan fingerprint density at radius 2 is 2.33 bits per heavy atom. The van der Waals surface area contributed by atoms with Gasteiger partial charge in [0.2, 0.25) is 5.91 Å². The molecule has 0 aliphatic carbocycles. The molecule has 3 heterocycles. The first-order chi connectivity index (χ1) is 10.1. The third-order valence-electron chi connectivity index (χ3n) is 4.01. The van der Waals surface area contributed by atoms with Crippen LogP contribution in [0.4, 0.5) is 4.79 Å². The minimum Gasteiger partial charge on any atom is -0.441 e. The molecular formula is C13H17ClN4O3. The Bertz CT molecular complexity index is 561. The number of carbonyl (C=O) groups excluding carboxylic acids is 2. The number of nitrogens with one attached hydrogen (secondary N) is 1. The third kappa shape index (κ3) is 3.12. The summed E-state index contributed by atoms with van der Waals surface area (Å²) in [5.74, 6) is 0.00380. The maximum atomic E-state index is 12.3. The molecule has 2 aliphatic heterocycles. The van der Waals surface area contributed by atoms with Crippen LogP contribution in [0.2, 0.25) is 5.02 Å². The van der Waals surface area contributed by atoms with Crippen LogP contribution in [0.5, 0.6) is 0 Å². The van der Waals surface area contributed by atoms with Crippen LogP contribution in [0.3, 0.4) is 0 Å². The summed E-state index contributed by atoms with van der Waals surface area (Å²) >= 11 is 5.79. The molecule has 0 radical (unpaired) electrons. The van der Waals surface area contributed by atoms with Crippen molar-refractivity contribution in [1.29, 1.82) is 0 Å². The van der Waals surface area contributed by atoms with Gasteiger partial charge < -0.3 is 15.0 Å². The number of halogens is 1. The summed E-state index contributed by atoms with van der Waals surface area (Å²) in [6, 6.07) is 0. The van der Waals surface area contributed by atoms with Crippen LogP contribution in [-0.4, -0.2) is 51.9 Å². The molecule has 0 unspecified atom stereocenters. The second-order valence-electron chi connectivity index (χ2n) is 5.52. The quantitative estimate of drug-likeness (QED) is 0.885. The van der Waals surface area contributed by atoms with Crippen LogP contribution < -0.4 is 5.32 Å². The Balaban J connectivity index is 1.59. The molecule has 114 valence electrons. The number of nitrogens with zero attached hydrogens (tertiary/aromatic N) is 3. The molecular weight excluding hydrogens is 296 g/mol. The van der Waals surface area contributed by atoms with E-state index in [-0.39, 0.29) is 18.5 Å². The van der Waals surface area contributed by atoms with Gasteiger partial charge in [-0.1, -0.05) is 11.6 Å². The fourth-order valence-electron chi connectivity index (χ4n) is 2.86. The van der Waals surface area contributed by atoms with E-state index in [0.717, 1.165) is 12.8 Å².